The fourth-order valence-corrected chi connectivity index (χ4v) is 2.45. The third-order valence-electron chi connectivity index (χ3n) is 3.40. The summed E-state index contributed by atoms with van der Waals surface area (Å²) in [5, 5.41) is 8.82. The predicted octanol–water partition coefficient (Wildman–Crippen LogP) is 3.62. The van der Waals surface area contributed by atoms with E-state index in [2.05, 4.69) is 17.1 Å². The van der Waals surface area contributed by atoms with Gasteiger partial charge in [0, 0.05) is 12.3 Å². The highest BCUT2D eigenvalue weighted by molar-refractivity contribution is 5.40. The van der Waals surface area contributed by atoms with E-state index in [0.717, 1.165) is 12.2 Å². The first-order chi connectivity index (χ1) is 9.35. The van der Waals surface area contributed by atoms with Crippen molar-refractivity contribution in [2.24, 2.45) is 0 Å². The van der Waals surface area contributed by atoms with Gasteiger partial charge in [-0.05, 0) is 55.0 Å². The second-order valence-electron chi connectivity index (χ2n) is 4.73. The third-order valence-corrected chi connectivity index (χ3v) is 3.40. The quantitative estimate of drug-likeness (QED) is 0.817. The van der Waals surface area contributed by atoms with E-state index in [-0.39, 0.29) is 0 Å². The van der Waals surface area contributed by atoms with E-state index < -0.39 is 0 Å². The summed E-state index contributed by atoms with van der Waals surface area (Å²) in [5.74, 6) is 1.48. The standard InChI is InChI=1S/C16H14N2O/c17-11-14-10-16(7-8-18-14)19-15-6-5-12-3-1-2-4-13(12)9-15/h5-10H,1-4H2. The van der Waals surface area contributed by atoms with Crippen LogP contribution < -0.4 is 4.74 Å². The summed E-state index contributed by atoms with van der Waals surface area (Å²) >= 11 is 0. The number of nitrogens with zero attached hydrogens (tertiary/aromatic N) is 2. The minimum absolute atomic E-state index is 0.371. The van der Waals surface area contributed by atoms with Crippen LogP contribution in [0.2, 0.25) is 0 Å². The molecule has 0 saturated heterocycles. The van der Waals surface area contributed by atoms with E-state index in [9.17, 15) is 0 Å². The molecule has 0 fully saturated rings. The van der Waals surface area contributed by atoms with Gasteiger partial charge >= 0.3 is 0 Å². The van der Waals surface area contributed by atoms with Crippen LogP contribution in [0.5, 0.6) is 11.5 Å². The zero-order valence-electron chi connectivity index (χ0n) is 10.6. The molecule has 19 heavy (non-hydrogen) atoms. The lowest BCUT2D eigenvalue weighted by molar-refractivity contribution is 0.480. The van der Waals surface area contributed by atoms with Gasteiger partial charge in [-0.15, -0.1) is 0 Å². The summed E-state index contributed by atoms with van der Waals surface area (Å²) in [6.45, 7) is 0. The van der Waals surface area contributed by atoms with Crippen molar-refractivity contribution in [2.75, 3.05) is 0 Å². The van der Waals surface area contributed by atoms with E-state index in [1.807, 2.05) is 12.1 Å². The molecule has 0 radical (unpaired) electrons. The number of ether oxygens (including phenoxy) is 1. The molecule has 1 aliphatic rings. The maximum atomic E-state index is 8.82. The molecule has 2 aromatic rings. The number of pyridine rings is 1. The number of rotatable bonds is 2. The Kier molecular flexibility index (Phi) is 3.16. The average Bonchev–Trinajstić information content (AvgIpc) is 2.47. The minimum Gasteiger partial charge on any atom is -0.457 e. The van der Waals surface area contributed by atoms with Crippen molar-refractivity contribution in [3.8, 4) is 17.6 Å². The number of hydrogen-bond acceptors (Lipinski definition) is 3. The Balaban J connectivity index is 1.85. The Hall–Kier alpha value is -2.34. The fraction of sp³-hybridized carbons (Fsp3) is 0.250. The summed E-state index contributed by atoms with van der Waals surface area (Å²) in [5.41, 5.74) is 3.19. The number of benzene rings is 1. The predicted molar refractivity (Wildman–Crippen MR) is 72.1 cm³/mol. The van der Waals surface area contributed by atoms with Gasteiger partial charge in [-0.3, -0.25) is 0 Å². The van der Waals surface area contributed by atoms with E-state index >= 15 is 0 Å². The summed E-state index contributed by atoms with van der Waals surface area (Å²) in [4.78, 5) is 3.93. The van der Waals surface area contributed by atoms with Crippen molar-refractivity contribution in [1.82, 2.24) is 4.98 Å². The number of hydrogen-bond donors (Lipinski definition) is 0. The first-order valence-corrected chi connectivity index (χ1v) is 6.51. The van der Waals surface area contributed by atoms with Crippen LogP contribution in [0.3, 0.4) is 0 Å². The van der Waals surface area contributed by atoms with Crippen molar-refractivity contribution in [3.63, 3.8) is 0 Å². The minimum atomic E-state index is 0.371. The lowest BCUT2D eigenvalue weighted by Gasteiger charge is -2.16. The fourth-order valence-electron chi connectivity index (χ4n) is 2.45. The molecule has 1 aromatic heterocycles. The molecule has 0 atom stereocenters. The number of aromatic nitrogens is 1. The van der Waals surface area contributed by atoms with Crippen LogP contribution in [0.1, 0.15) is 29.7 Å². The van der Waals surface area contributed by atoms with Crippen molar-refractivity contribution in [2.45, 2.75) is 25.7 Å². The molecular formula is C16H14N2O. The Morgan fingerprint density at radius 2 is 1.79 bits per heavy atom. The molecule has 3 heteroatoms. The largest absolute Gasteiger partial charge is 0.457 e. The van der Waals surface area contributed by atoms with Crippen LogP contribution in [0.4, 0.5) is 0 Å². The molecule has 94 valence electrons. The summed E-state index contributed by atoms with van der Waals surface area (Å²) < 4.78 is 5.80. The molecule has 3 nitrogen and oxygen atoms in total. The first-order valence-electron chi connectivity index (χ1n) is 6.51. The lowest BCUT2D eigenvalue weighted by atomic mass is 9.92. The van der Waals surface area contributed by atoms with Crippen LogP contribution in [-0.2, 0) is 12.8 Å². The van der Waals surface area contributed by atoms with Crippen molar-refractivity contribution >= 4 is 0 Å². The Labute approximate surface area is 112 Å². The number of aryl methyl sites for hydroxylation is 2. The van der Waals surface area contributed by atoms with E-state index in [0.29, 0.717) is 11.4 Å². The van der Waals surface area contributed by atoms with Crippen LogP contribution in [-0.4, -0.2) is 4.98 Å². The second-order valence-corrected chi connectivity index (χ2v) is 4.73. The second kappa shape index (κ2) is 5.11. The van der Waals surface area contributed by atoms with E-state index in [1.54, 1.807) is 18.3 Å². The van der Waals surface area contributed by atoms with E-state index in [4.69, 9.17) is 10.00 Å². The molecule has 1 aromatic carbocycles. The van der Waals surface area contributed by atoms with Gasteiger partial charge in [-0.25, -0.2) is 4.98 Å². The van der Waals surface area contributed by atoms with Gasteiger partial charge in [0.15, 0.2) is 0 Å². The highest BCUT2D eigenvalue weighted by Crippen LogP contribution is 2.28. The molecule has 1 aliphatic carbocycles. The first kappa shape index (κ1) is 11.7. The zero-order chi connectivity index (χ0) is 13.1. The summed E-state index contributed by atoms with van der Waals surface area (Å²) in [6, 6.07) is 11.7. The molecule has 1 heterocycles. The molecule has 0 amide bonds. The molecule has 0 aliphatic heterocycles. The van der Waals surface area contributed by atoms with Crippen LogP contribution in [0.15, 0.2) is 36.5 Å². The molecule has 0 saturated carbocycles. The molecule has 0 spiro atoms. The highest BCUT2D eigenvalue weighted by Gasteiger charge is 2.10. The zero-order valence-corrected chi connectivity index (χ0v) is 10.6. The Bertz CT molecular complexity index is 643. The van der Waals surface area contributed by atoms with Gasteiger partial charge in [-0.1, -0.05) is 6.07 Å². The third kappa shape index (κ3) is 2.58. The topological polar surface area (TPSA) is 45.9 Å². The smallest absolute Gasteiger partial charge is 0.144 e. The Morgan fingerprint density at radius 3 is 2.63 bits per heavy atom. The van der Waals surface area contributed by atoms with Crippen molar-refractivity contribution in [3.05, 3.63) is 53.3 Å². The van der Waals surface area contributed by atoms with Crippen molar-refractivity contribution < 1.29 is 4.74 Å². The Morgan fingerprint density at radius 1 is 1.00 bits per heavy atom. The van der Waals surface area contributed by atoms with E-state index in [1.165, 1.54) is 30.4 Å². The molecule has 0 bridgehead atoms. The van der Waals surface area contributed by atoms with Gasteiger partial charge < -0.3 is 4.74 Å². The highest BCUT2D eigenvalue weighted by atomic mass is 16.5. The van der Waals surface area contributed by atoms with Gasteiger partial charge in [0.25, 0.3) is 0 Å². The van der Waals surface area contributed by atoms with Crippen molar-refractivity contribution in [1.29, 1.82) is 5.26 Å². The maximum absolute atomic E-state index is 8.82. The maximum Gasteiger partial charge on any atom is 0.144 e. The monoisotopic (exact) mass is 250 g/mol. The summed E-state index contributed by atoms with van der Waals surface area (Å²) in [7, 11) is 0. The van der Waals surface area contributed by atoms with Crippen LogP contribution in [0, 0.1) is 11.3 Å². The average molecular weight is 250 g/mol. The molecule has 0 unspecified atom stereocenters. The van der Waals surface area contributed by atoms with Gasteiger partial charge in [0.2, 0.25) is 0 Å². The number of nitriles is 1. The van der Waals surface area contributed by atoms with Gasteiger partial charge in [0.1, 0.15) is 23.3 Å². The normalized spacial score (nSPS) is 13.4. The molecular weight excluding hydrogens is 236 g/mol. The van der Waals surface area contributed by atoms with Gasteiger partial charge in [0.05, 0.1) is 0 Å². The van der Waals surface area contributed by atoms with Crippen LogP contribution in [0.25, 0.3) is 0 Å². The molecule has 0 N–H and O–H groups in total. The molecule has 3 rings (SSSR count). The van der Waals surface area contributed by atoms with Gasteiger partial charge in [-0.2, -0.15) is 5.26 Å². The lowest BCUT2D eigenvalue weighted by Crippen LogP contribution is -2.02. The van der Waals surface area contributed by atoms with Crippen LogP contribution >= 0.6 is 0 Å². The summed E-state index contributed by atoms with van der Waals surface area (Å²) in [6.07, 6.45) is 6.43. The number of fused-ring (bicyclic) bond motifs is 1. The SMILES string of the molecule is N#Cc1cc(Oc2ccc3c(c2)CCCC3)ccn1.